The number of nitrogens with zero attached hydrogens (tertiary/aromatic N) is 1. The number of benzene rings is 9. The molecule has 0 unspecified atom stereocenters. The van der Waals surface area contributed by atoms with Crippen LogP contribution in [0.2, 0.25) is 0 Å². The zero-order valence-corrected chi connectivity index (χ0v) is 28.1. The first-order valence-corrected chi connectivity index (χ1v) is 17.9. The van der Waals surface area contributed by atoms with Gasteiger partial charge in [-0.1, -0.05) is 152 Å². The summed E-state index contributed by atoms with van der Waals surface area (Å²) < 4.78 is 2.57. The second-order valence-electron chi connectivity index (χ2n) is 12.9. The van der Waals surface area contributed by atoms with Crippen LogP contribution in [0.4, 0.5) is 17.1 Å². The molecule has 0 fully saturated rings. The number of rotatable bonds is 5. The van der Waals surface area contributed by atoms with Crippen molar-refractivity contribution in [2.45, 2.75) is 0 Å². The summed E-state index contributed by atoms with van der Waals surface area (Å²) in [6.07, 6.45) is 0. The third-order valence-corrected chi connectivity index (χ3v) is 11.1. The molecule has 1 heterocycles. The van der Waals surface area contributed by atoms with Gasteiger partial charge in [-0.15, -0.1) is 11.3 Å². The second-order valence-corrected chi connectivity index (χ2v) is 14.0. The zero-order chi connectivity index (χ0) is 33.0. The Balaban J connectivity index is 1.26. The quantitative estimate of drug-likeness (QED) is 0.167. The normalized spacial score (nSPS) is 11.6. The van der Waals surface area contributed by atoms with Gasteiger partial charge in [0.1, 0.15) is 0 Å². The van der Waals surface area contributed by atoms with Gasteiger partial charge in [-0.2, -0.15) is 0 Å². The SMILES string of the molecule is c1ccc(-c2ccc3c(c2)sc2cccc(N(c4cccc(-c5cccc6ccccc56)c4)c4cc5ccccc5c5ccccc45)c23)cc1. The molecule has 0 aliphatic heterocycles. The summed E-state index contributed by atoms with van der Waals surface area (Å²) in [7, 11) is 0. The van der Waals surface area contributed by atoms with Gasteiger partial charge in [0.15, 0.2) is 0 Å². The number of hydrogen-bond donors (Lipinski definition) is 0. The highest BCUT2D eigenvalue weighted by atomic mass is 32.1. The van der Waals surface area contributed by atoms with Crippen LogP contribution in [0.1, 0.15) is 0 Å². The molecule has 10 aromatic rings. The Morgan fingerprint density at radius 2 is 1.02 bits per heavy atom. The maximum atomic E-state index is 2.50. The third kappa shape index (κ3) is 4.69. The standard InChI is InChI=1S/C48H31NS/c1-2-13-32(14-3-1)34-27-28-43-47(31-34)50-46-26-12-25-44(48(43)46)49(45-30-36-16-5-7-21-40(36)41-22-8-9-23-42(41)45)37-19-10-18-35(29-37)39-24-11-17-33-15-4-6-20-38(33)39/h1-31H. The molecular weight excluding hydrogens is 623 g/mol. The van der Waals surface area contributed by atoms with Gasteiger partial charge in [-0.3, -0.25) is 0 Å². The van der Waals surface area contributed by atoms with Crippen molar-refractivity contribution in [2.24, 2.45) is 0 Å². The monoisotopic (exact) mass is 653 g/mol. The van der Waals surface area contributed by atoms with Crippen molar-refractivity contribution in [3.05, 3.63) is 188 Å². The van der Waals surface area contributed by atoms with Crippen molar-refractivity contribution >= 4 is 80.9 Å². The van der Waals surface area contributed by atoms with E-state index >= 15 is 0 Å². The first kappa shape index (κ1) is 28.8. The molecule has 2 heteroatoms. The molecule has 0 N–H and O–H groups in total. The van der Waals surface area contributed by atoms with Gasteiger partial charge >= 0.3 is 0 Å². The van der Waals surface area contributed by atoms with Crippen LogP contribution in [0.5, 0.6) is 0 Å². The van der Waals surface area contributed by atoms with E-state index < -0.39 is 0 Å². The molecule has 234 valence electrons. The lowest BCUT2D eigenvalue weighted by Gasteiger charge is -2.29. The molecule has 50 heavy (non-hydrogen) atoms. The van der Waals surface area contributed by atoms with Crippen molar-refractivity contribution in [2.75, 3.05) is 4.90 Å². The van der Waals surface area contributed by atoms with E-state index in [1.54, 1.807) is 0 Å². The predicted molar refractivity (Wildman–Crippen MR) is 217 cm³/mol. The minimum absolute atomic E-state index is 1.13. The Kier molecular flexibility index (Phi) is 6.75. The molecule has 0 aliphatic rings. The van der Waals surface area contributed by atoms with Crippen molar-refractivity contribution in [1.82, 2.24) is 0 Å². The van der Waals surface area contributed by atoms with Gasteiger partial charge in [0, 0.05) is 31.2 Å². The minimum atomic E-state index is 1.13. The summed E-state index contributed by atoms with van der Waals surface area (Å²) in [6.45, 7) is 0. The lowest BCUT2D eigenvalue weighted by molar-refractivity contribution is 1.32. The molecule has 0 atom stereocenters. The highest BCUT2D eigenvalue weighted by Crippen LogP contribution is 2.48. The van der Waals surface area contributed by atoms with Crippen LogP contribution in [-0.2, 0) is 0 Å². The molecule has 0 saturated heterocycles. The van der Waals surface area contributed by atoms with Crippen LogP contribution in [0, 0.1) is 0 Å². The number of anilines is 3. The van der Waals surface area contributed by atoms with Crippen LogP contribution in [0.3, 0.4) is 0 Å². The van der Waals surface area contributed by atoms with Crippen LogP contribution in [0.15, 0.2) is 188 Å². The summed E-state index contributed by atoms with van der Waals surface area (Å²) in [6, 6.07) is 68.8. The Bertz CT molecular complexity index is 2880. The van der Waals surface area contributed by atoms with E-state index in [0.717, 1.165) is 5.69 Å². The largest absolute Gasteiger partial charge is 0.309 e. The highest BCUT2D eigenvalue weighted by molar-refractivity contribution is 7.26. The van der Waals surface area contributed by atoms with Gasteiger partial charge in [-0.25, -0.2) is 0 Å². The molecule has 0 aliphatic carbocycles. The molecule has 1 nitrogen and oxygen atoms in total. The van der Waals surface area contributed by atoms with Gasteiger partial charge in [-0.05, 0) is 85.6 Å². The maximum absolute atomic E-state index is 2.50. The summed E-state index contributed by atoms with van der Waals surface area (Å²) in [4.78, 5) is 2.50. The summed E-state index contributed by atoms with van der Waals surface area (Å²) in [5, 5.41) is 10.0. The van der Waals surface area contributed by atoms with Gasteiger partial charge < -0.3 is 4.90 Å². The van der Waals surface area contributed by atoms with E-state index in [-0.39, 0.29) is 0 Å². The first-order valence-electron chi connectivity index (χ1n) is 17.1. The van der Waals surface area contributed by atoms with Crippen LogP contribution in [0.25, 0.3) is 74.7 Å². The van der Waals surface area contributed by atoms with E-state index in [1.165, 1.54) is 86.1 Å². The summed E-state index contributed by atoms with van der Waals surface area (Å²) >= 11 is 1.87. The molecule has 9 aromatic carbocycles. The Hall–Kier alpha value is -6.22. The average Bonchev–Trinajstić information content (AvgIpc) is 3.57. The molecule has 0 bridgehead atoms. The fourth-order valence-electron chi connectivity index (χ4n) is 7.72. The molecular formula is C48H31NS. The van der Waals surface area contributed by atoms with E-state index in [9.17, 15) is 0 Å². The van der Waals surface area contributed by atoms with Crippen LogP contribution in [-0.4, -0.2) is 0 Å². The second kappa shape index (κ2) is 11.7. The highest BCUT2D eigenvalue weighted by Gasteiger charge is 2.22. The maximum Gasteiger partial charge on any atom is 0.0555 e. The molecule has 1 aromatic heterocycles. The van der Waals surface area contributed by atoms with Gasteiger partial charge in [0.05, 0.1) is 11.4 Å². The smallest absolute Gasteiger partial charge is 0.0555 e. The van der Waals surface area contributed by atoms with E-state index in [4.69, 9.17) is 0 Å². The number of fused-ring (bicyclic) bond motifs is 7. The van der Waals surface area contributed by atoms with Crippen LogP contribution >= 0.6 is 11.3 Å². The van der Waals surface area contributed by atoms with Crippen molar-refractivity contribution in [3.63, 3.8) is 0 Å². The molecule has 0 spiro atoms. The zero-order valence-electron chi connectivity index (χ0n) is 27.3. The summed E-state index contributed by atoms with van der Waals surface area (Å²) in [5.41, 5.74) is 8.39. The van der Waals surface area contributed by atoms with E-state index in [2.05, 4.69) is 193 Å². The Labute approximate surface area is 294 Å². The van der Waals surface area contributed by atoms with Gasteiger partial charge in [0.2, 0.25) is 0 Å². The lowest BCUT2D eigenvalue weighted by Crippen LogP contribution is -2.11. The predicted octanol–water partition coefficient (Wildman–Crippen LogP) is 14.3. The van der Waals surface area contributed by atoms with Crippen molar-refractivity contribution in [3.8, 4) is 22.3 Å². The first-order chi connectivity index (χ1) is 24.8. The third-order valence-electron chi connectivity index (χ3n) is 10.0. The molecule has 0 saturated carbocycles. The van der Waals surface area contributed by atoms with Crippen molar-refractivity contribution < 1.29 is 0 Å². The average molecular weight is 654 g/mol. The summed E-state index contributed by atoms with van der Waals surface area (Å²) in [5.74, 6) is 0. The fraction of sp³-hybridized carbons (Fsp3) is 0. The number of hydrogen-bond acceptors (Lipinski definition) is 2. The Morgan fingerprint density at radius 1 is 0.340 bits per heavy atom. The topological polar surface area (TPSA) is 3.24 Å². The van der Waals surface area contributed by atoms with Crippen LogP contribution < -0.4 is 4.90 Å². The van der Waals surface area contributed by atoms with Crippen molar-refractivity contribution in [1.29, 1.82) is 0 Å². The fourth-order valence-corrected chi connectivity index (χ4v) is 8.89. The van der Waals surface area contributed by atoms with E-state index in [0.29, 0.717) is 0 Å². The van der Waals surface area contributed by atoms with Gasteiger partial charge in [0.25, 0.3) is 0 Å². The number of thiophene rings is 1. The lowest BCUT2D eigenvalue weighted by atomic mass is 9.96. The molecule has 0 radical (unpaired) electrons. The molecule has 0 amide bonds. The molecule has 10 rings (SSSR count). The Morgan fingerprint density at radius 3 is 1.90 bits per heavy atom. The minimum Gasteiger partial charge on any atom is -0.309 e. The van der Waals surface area contributed by atoms with E-state index in [1.807, 2.05) is 11.3 Å².